The van der Waals surface area contributed by atoms with Crippen molar-refractivity contribution in [1.29, 1.82) is 0 Å². The molecule has 1 aliphatic heterocycles. The van der Waals surface area contributed by atoms with E-state index in [9.17, 15) is 9.59 Å². The van der Waals surface area contributed by atoms with Crippen LogP contribution >= 0.6 is 0 Å². The van der Waals surface area contributed by atoms with Crippen molar-refractivity contribution in [1.82, 2.24) is 5.01 Å². The Balaban J connectivity index is 1.86. The number of benzene rings is 2. The molecule has 0 aliphatic carbocycles. The molecule has 27 heavy (non-hydrogen) atoms. The van der Waals surface area contributed by atoms with E-state index in [1.54, 1.807) is 4.90 Å². The van der Waals surface area contributed by atoms with Gasteiger partial charge in [-0.1, -0.05) is 42.5 Å². The summed E-state index contributed by atoms with van der Waals surface area (Å²) in [6, 6.07) is 15.8. The van der Waals surface area contributed by atoms with E-state index in [1.807, 2.05) is 69.3 Å². The topological polar surface area (TPSA) is 53.0 Å². The molecule has 2 amide bonds. The lowest BCUT2D eigenvalue weighted by Crippen LogP contribution is -2.41. The van der Waals surface area contributed by atoms with Crippen LogP contribution in [0, 0.1) is 13.8 Å². The molecule has 0 saturated carbocycles. The maximum absolute atomic E-state index is 13.2. The lowest BCUT2D eigenvalue weighted by atomic mass is 10.1. The molecule has 0 spiro atoms. The minimum Gasteiger partial charge on any atom is -0.307 e. The van der Waals surface area contributed by atoms with Crippen LogP contribution in [0.1, 0.15) is 36.5 Å². The molecule has 140 valence electrons. The minimum atomic E-state index is -0.128. The number of nitrogens with zero attached hydrogens (tertiary/aromatic N) is 3. The average Bonchev–Trinajstić information content (AvgIpc) is 2.67. The first-order valence-corrected chi connectivity index (χ1v) is 9.30. The number of aryl methyl sites for hydroxylation is 2. The Kier molecular flexibility index (Phi) is 5.69. The Morgan fingerprint density at radius 2 is 1.85 bits per heavy atom. The second kappa shape index (κ2) is 8.16. The average molecular weight is 363 g/mol. The van der Waals surface area contributed by atoms with Crippen molar-refractivity contribution in [3.05, 3.63) is 65.2 Å². The van der Waals surface area contributed by atoms with Gasteiger partial charge >= 0.3 is 0 Å². The third kappa shape index (κ3) is 4.25. The predicted octanol–water partition coefficient (Wildman–Crippen LogP) is 3.83. The Morgan fingerprint density at radius 3 is 2.56 bits per heavy atom. The van der Waals surface area contributed by atoms with Crippen molar-refractivity contribution < 1.29 is 9.59 Å². The molecule has 0 aromatic heterocycles. The zero-order valence-electron chi connectivity index (χ0n) is 16.1. The first-order chi connectivity index (χ1) is 13.0. The molecule has 0 saturated heterocycles. The third-order valence-electron chi connectivity index (χ3n) is 4.74. The van der Waals surface area contributed by atoms with Gasteiger partial charge in [0.25, 0.3) is 5.91 Å². The first-order valence-electron chi connectivity index (χ1n) is 9.30. The quantitative estimate of drug-likeness (QED) is 0.810. The molecule has 2 aromatic rings. The number of amides is 2. The Morgan fingerprint density at radius 1 is 1.11 bits per heavy atom. The van der Waals surface area contributed by atoms with E-state index < -0.39 is 0 Å². The number of anilines is 1. The SMILES string of the molecule is CCN(C(=O)C1=NN(Cc2ccccc2)C(=O)CC1)c1cc(C)ccc1C. The van der Waals surface area contributed by atoms with Crippen LogP contribution in [-0.4, -0.2) is 29.1 Å². The fourth-order valence-corrected chi connectivity index (χ4v) is 3.22. The van der Waals surface area contributed by atoms with Crippen LogP contribution in [-0.2, 0) is 16.1 Å². The molecule has 0 fully saturated rings. The summed E-state index contributed by atoms with van der Waals surface area (Å²) >= 11 is 0. The largest absolute Gasteiger partial charge is 0.307 e. The highest BCUT2D eigenvalue weighted by molar-refractivity contribution is 6.44. The summed E-state index contributed by atoms with van der Waals surface area (Å²) in [6.07, 6.45) is 0.687. The standard InChI is InChI=1S/C22H25N3O2/c1-4-24(20-14-16(2)10-11-17(20)3)22(27)19-12-13-21(26)25(23-19)15-18-8-6-5-7-9-18/h5-11,14H,4,12-13,15H2,1-3H3. The van der Waals surface area contributed by atoms with Gasteiger partial charge in [0, 0.05) is 25.1 Å². The number of carbonyl (C=O) groups is 2. The number of hydrazone groups is 1. The van der Waals surface area contributed by atoms with E-state index in [0.717, 1.165) is 22.4 Å². The van der Waals surface area contributed by atoms with Gasteiger partial charge in [-0.2, -0.15) is 5.10 Å². The van der Waals surface area contributed by atoms with Gasteiger partial charge in [0.05, 0.1) is 6.54 Å². The number of carbonyl (C=O) groups excluding carboxylic acids is 2. The lowest BCUT2D eigenvalue weighted by molar-refractivity contribution is -0.132. The minimum absolute atomic E-state index is 0.0508. The molecule has 0 atom stereocenters. The van der Waals surface area contributed by atoms with Crippen LogP contribution < -0.4 is 4.90 Å². The van der Waals surface area contributed by atoms with Gasteiger partial charge in [-0.05, 0) is 43.5 Å². The van der Waals surface area contributed by atoms with Crippen molar-refractivity contribution in [3.8, 4) is 0 Å². The van der Waals surface area contributed by atoms with Crippen molar-refractivity contribution in [2.24, 2.45) is 5.10 Å². The monoisotopic (exact) mass is 363 g/mol. The molecule has 1 aliphatic rings. The molecular weight excluding hydrogens is 338 g/mol. The first kappa shape index (κ1) is 18.8. The fourth-order valence-electron chi connectivity index (χ4n) is 3.22. The molecule has 0 bridgehead atoms. The fraction of sp³-hybridized carbons (Fsp3) is 0.318. The zero-order chi connectivity index (χ0) is 19.4. The highest BCUT2D eigenvalue weighted by Gasteiger charge is 2.28. The van der Waals surface area contributed by atoms with E-state index in [2.05, 4.69) is 5.10 Å². The van der Waals surface area contributed by atoms with Crippen LogP contribution in [0.15, 0.2) is 53.6 Å². The molecule has 1 heterocycles. The highest BCUT2D eigenvalue weighted by Crippen LogP contribution is 2.23. The van der Waals surface area contributed by atoms with Gasteiger partial charge in [0.15, 0.2) is 0 Å². The lowest BCUT2D eigenvalue weighted by Gasteiger charge is -2.28. The smallest absolute Gasteiger partial charge is 0.274 e. The normalized spacial score (nSPS) is 14.1. The second-order valence-electron chi connectivity index (χ2n) is 6.82. The summed E-state index contributed by atoms with van der Waals surface area (Å²) in [4.78, 5) is 27.2. The van der Waals surface area contributed by atoms with Gasteiger partial charge in [-0.3, -0.25) is 9.59 Å². The third-order valence-corrected chi connectivity index (χ3v) is 4.74. The van der Waals surface area contributed by atoms with Crippen molar-refractivity contribution >= 4 is 23.2 Å². The summed E-state index contributed by atoms with van der Waals surface area (Å²) in [5, 5.41) is 5.83. The van der Waals surface area contributed by atoms with E-state index in [0.29, 0.717) is 31.6 Å². The zero-order valence-corrected chi connectivity index (χ0v) is 16.1. The number of hydrogen-bond donors (Lipinski definition) is 0. The van der Waals surface area contributed by atoms with Crippen LogP contribution in [0.5, 0.6) is 0 Å². The predicted molar refractivity (Wildman–Crippen MR) is 108 cm³/mol. The summed E-state index contributed by atoms with van der Waals surface area (Å²) < 4.78 is 0. The molecule has 0 N–H and O–H groups in total. The van der Waals surface area contributed by atoms with E-state index in [-0.39, 0.29) is 11.8 Å². The van der Waals surface area contributed by atoms with Gasteiger partial charge in [0.2, 0.25) is 5.91 Å². The second-order valence-corrected chi connectivity index (χ2v) is 6.82. The van der Waals surface area contributed by atoms with Gasteiger partial charge in [-0.15, -0.1) is 0 Å². The van der Waals surface area contributed by atoms with Crippen LogP contribution in [0.4, 0.5) is 5.69 Å². The van der Waals surface area contributed by atoms with Crippen LogP contribution in [0.3, 0.4) is 0 Å². The maximum atomic E-state index is 13.2. The number of hydrogen-bond acceptors (Lipinski definition) is 3. The van der Waals surface area contributed by atoms with Gasteiger partial charge < -0.3 is 4.90 Å². The van der Waals surface area contributed by atoms with E-state index >= 15 is 0 Å². The summed E-state index contributed by atoms with van der Waals surface area (Å²) in [7, 11) is 0. The molecular formula is C22H25N3O2. The summed E-state index contributed by atoms with van der Waals surface area (Å²) in [5.41, 5.74) is 4.48. The Hall–Kier alpha value is -2.95. The van der Waals surface area contributed by atoms with Crippen molar-refractivity contribution in [2.75, 3.05) is 11.4 Å². The summed E-state index contributed by atoms with van der Waals surface area (Å²) in [5.74, 6) is -0.179. The van der Waals surface area contributed by atoms with Crippen LogP contribution in [0.25, 0.3) is 0 Å². The van der Waals surface area contributed by atoms with Crippen molar-refractivity contribution in [2.45, 2.75) is 40.2 Å². The Bertz CT molecular complexity index is 874. The van der Waals surface area contributed by atoms with E-state index in [1.165, 1.54) is 5.01 Å². The highest BCUT2D eigenvalue weighted by atomic mass is 16.2. The van der Waals surface area contributed by atoms with Gasteiger partial charge in [0.1, 0.15) is 5.71 Å². The molecule has 5 heteroatoms. The maximum Gasteiger partial charge on any atom is 0.274 e. The summed E-state index contributed by atoms with van der Waals surface area (Å²) in [6.45, 7) is 6.90. The molecule has 0 radical (unpaired) electrons. The molecule has 0 unspecified atom stereocenters. The number of rotatable bonds is 5. The van der Waals surface area contributed by atoms with Crippen molar-refractivity contribution in [3.63, 3.8) is 0 Å². The van der Waals surface area contributed by atoms with E-state index in [4.69, 9.17) is 0 Å². The van der Waals surface area contributed by atoms with Crippen LogP contribution in [0.2, 0.25) is 0 Å². The Labute approximate surface area is 160 Å². The molecule has 3 rings (SSSR count). The molecule has 2 aromatic carbocycles. The molecule has 5 nitrogen and oxygen atoms in total. The van der Waals surface area contributed by atoms with Gasteiger partial charge in [-0.25, -0.2) is 5.01 Å².